The summed E-state index contributed by atoms with van der Waals surface area (Å²) in [6, 6.07) is 4.83. The molecule has 14 heteroatoms. The Morgan fingerprint density at radius 1 is 1.05 bits per heavy atom. The summed E-state index contributed by atoms with van der Waals surface area (Å²) in [5.74, 6) is -4.66. The zero-order valence-electron chi connectivity index (χ0n) is 21.0. The Bertz CT molecular complexity index is 864. The quantitative estimate of drug-likeness (QED) is 0.505. The Labute approximate surface area is 216 Å². The summed E-state index contributed by atoms with van der Waals surface area (Å²) in [5.41, 5.74) is 1.84. The molecular formula is C24H33F6N3O5. The molecule has 0 radical (unpaired) electrons. The molecular weight excluding hydrogens is 524 g/mol. The van der Waals surface area contributed by atoms with Gasteiger partial charge in [-0.15, -0.1) is 0 Å². The number of aromatic nitrogens is 1. The molecule has 1 spiro atoms. The summed E-state index contributed by atoms with van der Waals surface area (Å²) in [6.07, 6.45) is 0.453. The fraction of sp³-hybridized carbons (Fsp3) is 0.708. The number of hydrogen-bond acceptors (Lipinski definition) is 6. The lowest BCUT2D eigenvalue weighted by Gasteiger charge is -2.37. The van der Waals surface area contributed by atoms with Gasteiger partial charge in [0.2, 0.25) is 0 Å². The van der Waals surface area contributed by atoms with E-state index in [9.17, 15) is 26.3 Å². The van der Waals surface area contributed by atoms with Crippen molar-refractivity contribution in [3.63, 3.8) is 0 Å². The van der Waals surface area contributed by atoms with Crippen LogP contribution in [0, 0.1) is 11.3 Å². The molecule has 0 aromatic carbocycles. The second-order valence-electron chi connectivity index (χ2n) is 10.0. The second-order valence-corrected chi connectivity index (χ2v) is 10.0. The van der Waals surface area contributed by atoms with Crippen LogP contribution in [-0.4, -0.2) is 95.2 Å². The van der Waals surface area contributed by atoms with E-state index in [4.69, 9.17) is 24.5 Å². The van der Waals surface area contributed by atoms with E-state index in [0.29, 0.717) is 11.5 Å². The van der Waals surface area contributed by atoms with Crippen molar-refractivity contribution < 1.29 is 50.9 Å². The van der Waals surface area contributed by atoms with Crippen molar-refractivity contribution in [2.24, 2.45) is 11.3 Å². The van der Waals surface area contributed by atoms with Crippen molar-refractivity contribution in [3.8, 4) is 0 Å². The molecule has 0 bridgehead atoms. The fourth-order valence-electron chi connectivity index (χ4n) is 4.44. The Balaban J connectivity index is 0.000000301. The molecule has 3 fully saturated rings. The monoisotopic (exact) mass is 557 g/mol. The number of pyridine rings is 1. The van der Waals surface area contributed by atoms with Crippen LogP contribution in [-0.2, 0) is 20.9 Å². The van der Waals surface area contributed by atoms with Gasteiger partial charge in [0.05, 0.1) is 6.61 Å². The third kappa shape index (κ3) is 11.1. The molecule has 2 saturated heterocycles. The molecule has 1 aromatic rings. The lowest BCUT2D eigenvalue weighted by molar-refractivity contribution is -0.193. The first-order valence-corrected chi connectivity index (χ1v) is 12.1. The zero-order chi connectivity index (χ0) is 28.6. The van der Waals surface area contributed by atoms with E-state index in [1.807, 2.05) is 12.4 Å². The molecule has 2 N–H and O–H groups in total. The van der Waals surface area contributed by atoms with E-state index in [-0.39, 0.29) is 0 Å². The zero-order valence-corrected chi connectivity index (χ0v) is 21.0. The maximum atomic E-state index is 10.6. The summed E-state index contributed by atoms with van der Waals surface area (Å²) in [7, 11) is 2.26. The number of likely N-dealkylation sites (tertiary alicyclic amines) is 2. The van der Waals surface area contributed by atoms with Crippen LogP contribution in [0.4, 0.5) is 26.3 Å². The van der Waals surface area contributed by atoms with E-state index in [1.54, 1.807) is 0 Å². The predicted molar refractivity (Wildman–Crippen MR) is 123 cm³/mol. The second kappa shape index (κ2) is 13.6. The summed E-state index contributed by atoms with van der Waals surface area (Å²) in [5, 5.41) is 14.2. The van der Waals surface area contributed by atoms with Crippen LogP contribution in [0.2, 0.25) is 0 Å². The highest BCUT2D eigenvalue weighted by molar-refractivity contribution is 5.73. The van der Waals surface area contributed by atoms with Gasteiger partial charge in [0, 0.05) is 38.1 Å². The molecule has 2 aliphatic heterocycles. The van der Waals surface area contributed by atoms with Crippen molar-refractivity contribution in [3.05, 3.63) is 30.1 Å². The summed E-state index contributed by atoms with van der Waals surface area (Å²) in [4.78, 5) is 27.2. The number of piperidine rings is 1. The van der Waals surface area contributed by atoms with Crippen molar-refractivity contribution in [1.82, 2.24) is 14.8 Å². The van der Waals surface area contributed by atoms with Gasteiger partial charge in [-0.25, -0.2) is 9.59 Å². The van der Waals surface area contributed by atoms with E-state index in [0.717, 1.165) is 25.7 Å². The molecule has 1 saturated carbocycles. The number of carbonyl (C=O) groups is 2. The van der Waals surface area contributed by atoms with Crippen LogP contribution in [0.3, 0.4) is 0 Å². The number of hydrogen-bond donors (Lipinski definition) is 2. The number of nitrogens with zero attached hydrogens (tertiary/aromatic N) is 3. The standard InChI is InChI=1S/C20H31N3O.2C2HF3O2/c1-22-9-6-20(7-10-22)11-19(15-24-14-17-4-5-17)23(16-20)13-18-3-2-8-21-12-18;2*3-2(4,5)1(6)7/h2-3,8,12,17,19H,4-7,9-11,13-16H2,1H3;2*(H,6,7). The first-order chi connectivity index (χ1) is 17.6. The minimum absolute atomic E-state index is 0.516. The first-order valence-electron chi connectivity index (χ1n) is 12.1. The molecule has 1 atom stereocenters. The molecule has 3 aliphatic rings. The van der Waals surface area contributed by atoms with Crippen LogP contribution < -0.4 is 0 Å². The summed E-state index contributed by atoms with van der Waals surface area (Å²) >= 11 is 0. The maximum Gasteiger partial charge on any atom is 0.490 e. The minimum atomic E-state index is -5.08. The van der Waals surface area contributed by atoms with Gasteiger partial charge in [0.15, 0.2) is 0 Å². The van der Waals surface area contributed by atoms with E-state index < -0.39 is 24.3 Å². The molecule has 1 aliphatic carbocycles. The number of halogens is 6. The number of aliphatic carboxylic acids is 2. The summed E-state index contributed by atoms with van der Waals surface area (Å²) < 4.78 is 69.6. The fourth-order valence-corrected chi connectivity index (χ4v) is 4.44. The normalized spacial score (nSPS) is 21.7. The van der Waals surface area contributed by atoms with Gasteiger partial charge in [0.1, 0.15) is 0 Å². The smallest absolute Gasteiger partial charge is 0.475 e. The number of alkyl halides is 6. The van der Waals surface area contributed by atoms with Crippen LogP contribution in [0.25, 0.3) is 0 Å². The van der Waals surface area contributed by atoms with E-state index >= 15 is 0 Å². The van der Waals surface area contributed by atoms with Gasteiger partial charge in [0.25, 0.3) is 0 Å². The molecule has 3 heterocycles. The van der Waals surface area contributed by atoms with E-state index in [2.05, 4.69) is 34.0 Å². The third-order valence-corrected chi connectivity index (χ3v) is 6.73. The molecule has 216 valence electrons. The van der Waals surface area contributed by atoms with Gasteiger partial charge in [-0.1, -0.05) is 6.07 Å². The molecule has 8 nitrogen and oxygen atoms in total. The Morgan fingerprint density at radius 2 is 1.61 bits per heavy atom. The van der Waals surface area contributed by atoms with Gasteiger partial charge >= 0.3 is 24.3 Å². The average molecular weight is 558 g/mol. The van der Waals surface area contributed by atoms with Gasteiger partial charge in [-0.2, -0.15) is 26.3 Å². The molecule has 4 rings (SSSR count). The van der Waals surface area contributed by atoms with Crippen molar-refractivity contribution in [1.29, 1.82) is 0 Å². The Morgan fingerprint density at radius 3 is 2.05 bits per heavy atom. The predicted octanol–water partition coefficient (Wildman–Crippen LogP) is 4.06. The summed E-state index contributed by atoms with van der Waals surface area (Å²) in [6.45, 7) is 6.63. The van der Waals surface area contributed by atoms with Crippen LogP contribution >= 0.6 is 0 Å². The topological polar surface area (TPSA) is 103 Å². The highest BCUT2D eigenvalue weighted by Gasteiger charge is 2.45. The molecule has 38 heavy (non-hydrogen) atoms. The Kier molecular flexibility index (Phi) is 11.3. The minimum Gasteiger partial charge on any atom is -0.475 e. The number of carboxylic acids is 2. The maximum absolute atomic E-state index is 10.6. The van der Waals surface area contributed by atoms with Crippen molar-refractivity contribution >= 4 is 11.9 Å². The Hall–Kier alpha value is -2.45. The SMILES string of the molecule is CN1CCC2(CC1)CC(COCC1CC1)N(Cc1cccnc1)C2.O=C(O)C(F)(F)F.O=C(O)C(F)(F)F. The first kappa shape index (κ1) is 31.8. The number of rotatable bonds is 6. The number of carboxylic acid groups (broad SMARTS) is 2. The highest BCUT2D eigenvalue weighted by atomic mass is 19.4. The van der Waals surface area contributed by atoms with Crippen LogP contribution in [0.15, 0.2) is 24.5 Å². The average Bonchev–Trinajstić information content (AvgIpc) is 3.59. The van der Waals surface area contributed by atoms with Crippen LogP contribution in [0.1, 0.15) is 37.7 Å². The molecule has 0 amide bonds. The van der Waals surface area contributed by atoms with Crippen molar-refractivity contribution in [2.45, 2.75) is 57.0 Å². The van der Waals surface area contributed by atoms with Gasteiger partial charge in [-0.05, 0) is 75.2 Å². The molecule has 1 aromatic heterocycles. The van der Waals surface area contributed by atoms with Crippen LogP contribution in [0.5, 0.6) is 0 Å². The lowest BCUT2D eigenvalue weighted by Crippen LogP contribution is -2.39. The largest absolute Gasteiger partial charge is 0.490 e. The lowest BCUT2D eigenvalue weighted by atomic mass is 9.77. The molecule has 1 unspecified atom stereocenters. The third-order valence-electron chi connectivity index (χ3n) is 6.73. The van der Waals surface area contributed by atoms with Gasteiger partial charge in [-0.3, -0.25) is 9.88 Å². The van der Waals surface area contributed by atoms with Gasteiger partial charge < -0.3 is 19.8 Å². The number of ether oxygens (including phenoxy) is 1. The highest BCUT2D eigenvalue weighted by Crippen LogP contribution is 2.44. The van der Waals surface area contributed by atoms with Crippen molar-refractivity contribution in [2.75, 3.05) is 39.9 Å². The van der Waals surface area contributed by atoms with E-state index in [1.165, 1.54) is 57.3 Å².